The van der Waals surface area contributed by atoms with E-state index in [4.69, 9.17) is 34.8 Å². The molecule has 0 aliphatic rings. The molecule has 88 valence electrons. The Morgan fingerprint density at radius 3 is 2.59 bits per heavy atom. The number of hydrogen-bond donors (Lipinski definition) is 1. The first kappa shape index (κ1) is 12.9. The van der Waals surface area contributed by atoms with Gasteiger partial charge in [0.15, 0.2) is 10.3 Å². The number of aromatic nitrogens is 2. The number of halogens is 4. The lowest BCUT2D eigenvalue weighted by Crippen LogP contribution is -1.95. The number of nitrogens with one attached hydrogen (secondary N) is 1. The van der Waals surface area contributed by atoms with Gasteiger partial charge in [-0.3, -0.25) is 0 Å². The molecule has 0 amide bonds. The van der Waals surface area contributed by atoms with Gasteiger partial charge in [0, 0.05) is 6.07 Å². The maximum absolute atomic E-state index is 5.98. The van der Waals surface area contributed by atoms with Crippen molar-refractivity contribution >= 4 is 62.1 Å². The van der Waals surface area contributed by atoms with Gasteiger partial charge in [-0.1, -0.05) is 40.9 Å². The fourth-order valence-corrected chi connectivity index (χ4v) is 2.01. The van der Waals surface area contributed by atoms with Crippen LogP contribution in [0, 0.1) is 0 Å². The van der Waals surface area contributed by atoms with E-state index in [0.717, 1.165) is 10.2 Å². The van der Waals surface area contributed by atoms with Crippen molar-refractivity contribution in [2.45, 2.75) is 0 Å². The average Bonchev–Trinajstić information content (AvgIpc) is 2.30. The van der Waals surface area contributed by atoms with Crippen molar-refractivity contribution < 1.29 is 0 Å². The molecule has 1 N–H and O–H groups in total. The third-order valence-electron chi connectivity index (χ3n) is 1.94. The average molecular weight is 353 g/mol. The lowest BCUT2D eigenvalue weighted by atomic mass is 10.3. The van der Waals surface area contributed by atoms with Gasteiger partial charge in [0.2, 0.25) is 0 Å². The quantitative estimate of drug-likeness (QED) is 0.831. The Labute approximate surface area is 121 Å². The van der Waals surface area contributed by atoms with Gasteiger partial charge in [-0.2, -0.15) is 0 Å². The van der Waals surface area contributed by atoms with Gasteiger partial charge < -0.3 is 5.32 Å². The van der Waals surface area contributed by atoms with E-state index in [9.17, 15) is 0 Å². The summed E-state index contributed by atoms with van der Waals surface area (Å²) in [6, 6.07) is 7.03. The fraction of sp³-hybridized carbons (Fsp3) is 0. The molecule has 0 bridgehead atoms. The van der Waals surface area contributed by atoms with Crippen molar-refractivity contribution in [3.8, 4) is 0 Å². The normalized spacial score (nSPS) is 10.4. The number of benzene rings is 1. The van der Waals surface area contributed by atoms with Crippen LogP contribution in [-0.2, 0) is 0 Å². The molecule has 0 fully saturated rings. The summed E-state index contributed by atoms with van der Waals surface area (Å²) >= 11 is 21.0. The zero-order valence-electron chi connectivity index (χ0n) is 8.22. The fourth-order valence-electron chi connectivity index (χ4n) is 1.19. The smallest absolute Gasteiger partial charge is 0.175 e. The Morgan fingerprint density at radius 1 is 1.06 bits per heavy atom. The number of rotatable bonds is 2. The molecular formula is C10H5BrCl3N3. The van der Waals surface area contributed by atoms with Gasteiger partial charge in [-0.25, -0.2) is 0 Å². The van der Waals surface area contributed by atoms with Crippen molar-refractivity contribution in [3.05, 3.63) is 44.1 Å². The van der Waals surface area contributed by atoms with Gasteiger partial charge >= 0.3 is 0 Å². The van der Waals surface area contributed by atoms with Crippen LogP contribution >= 0.6 is 50.7 Å². The first-order valence-electron chi connectivity index (χ1n) is 4.47. The monoisotopic (exact) mass is 351 g/mol. The Kier molecular flexibility index (Phi) is 4.09. The highest BCUT2D eigenvalue weighted by atomic mass is 79.9. The van der Waals surface area contributed by atoms with Crippen molar-refractivity contribution in [2.24, 2.45) is 0 Å². The van der Waals surface area contributed by atoms with E-state index >= 15 is 0 Å². The molecule has 2 rings (SSSR count). The van der Waals surface area contributed by atoms with Gasteiger partial charge in [0.25, 0.3) is 0 Å². The maximum Gasteiger partial charge on any atom is 0.175 e. The molecule has 1 aromatic carbocycles. The molecule has 1 aromatic heterocycles. The van der Waals surface area contributed by atoms with Crippen LogP contribution in [0.25, 0.3) is 0 Å². The molecule has 7 heteroatoms. The standard InChI is InChI=1S/C10H5BrCl3N3/c11-9-5(12)2-1-3-6(9)15-7-4-8(13)16-17-10(7)14/h1-4H,(H,15,16). The number of hydrogen-bond acceptors (Lipinski definition) is 3. The number of nitrogens with zero attached hydrogens (tertiary/aromatic N) is 2. The highest BCUT2D eigenvalue weighted by molar-refractivity contribution is 9.10. The van der Waals surface area contributed by atoms with E-state index < -0.39 is 0 Å². The van der Waals surface area contributed by atoms with E-state index in [1.807, 2.05) is 12.1 Å². The second-order valence-corrected chi connectivity index (χ2v) is 5.04. The van der Waals surface area contributed by atoms with E-state index in [1.54, 1.807) is 12.1 Å². The summed E-state index contributed by atoms with van der Waals surface area (Å²) in [5.41, 5.74) is 1.33. The van der Waals surface area contributed by atoms with Crippen molar-refractivity contribution in [2.75, 3.05) is 5.32 Å². The van der Waals surface area contributed by atoms with E-state index in [1.165, 1.54) is 0 Å². The van der Waals surface area contributed by atoms with Gasteiger partial charge in [-0.05, 0) is 28.1 Å². The first-order chi connectivity index (χ1) is 8.08. The largest absolute Gasteiger partial charge is 0.352 e. The van der Waals surface area contributed by atoms with Crippen molar-refractivity contribution in [1.29, 1.82) is 0 Å². The summed E-state index contributed by atoms with van der Waals surface area (Å²) in [6.07, 6.45) is 0. The van der Waals surface area contributed by atoms with Crippen LogP contribution in [0.3, 0.4) is 0 Å². The summed E-state index contributed by atoms with van der Waals surface area (Å²) < 4.78 is 0.741. The Hall–Kier alpha value is -0.550. The van der Waals surface area contributed by atoms with Crippen molar-refractivity contribution in [3.63, 3.8) is 0 Å². The summed E-state index contributed by atoms with van der Waals surface area (Å²) in [7, 11) is 0. The molecule has 17 heavy (non-hydrogen) atoms. The molecule has 2 aromatic rings. The SMILES string of the molecule is Clc1cc(Nc2cccc(Cl)c2Br)c(Cl)nn1. The molecule has 3 nitrogen and oxygen atoms in total. The molecular weight excluding hydrogens is 348 g/mol. The van der Waals surface area contributed by atoms with Crippen LogP contribution in [0.15, 0.2) is 28.7 Å². The molecule has 0 aliphatic heterocycles. The third-order valence-corrected chi connectivity index (χ3v) is 3.80. The Morgan fingerprint density at radius 2 is 1.82 bits per heavy atom. The van der Waals surface area contributed by atoms with Crippen molar-refractivity contribution in [1.82, 2.24) is 10.2 Å². The summed E-state index contributed by atoms with van der Waals surface area (Å²) in [4.78, 5) is 0. The van der Waals surface area contributed by atoms with Crippen LogP contribution < -0.4 is 5.32 Å². The summed E-state index contributed by atoms with van der Waals surface area (Å²) in [6.45, 7) is 0. The molecule has 1 heterocycles. The summed E-state index contributed by atoms with van der Waals surface area (Å²) in [5, 5.41) is 11.5. The zero-order chi connectivity index (χ0) is 12.4. The van der Waals surface area contributed by atoms with Crippen LogP contribution in [-0.4, -0.2) is 10.2 Å². The molecule has 0 saturated heterocycles. The maximum atomic E-state index is 5.98. The lowest BCUT2D eigenvalue weighted by molar-refractivity contribution is 1.03. The molecule has 0 saturated carbocycles. The molecule has 0 spiro atoms. The second kappa shape index (κ2) is 5.40. The van der Waals surface area contributed by atoms with Crippen LogP contribution in [0.4, 0.5) is 11.4 Å². The first-order valence-corrected chi connectivity index (χ1v) is 6.40. The van der Waals surface area contributed by atoms with Gasteiger partial charge in [0.05, 0.1) is 20.9 Å². The minimum absolute atomic E-state index is 0.237. The van der Waals surface area contributed by atoms with Gasteiger partial charge in [0.1, 0.15) is 0 Å². The molecule has 0 aliphatic carbocycles. The van der Waals surface area contributed by atoms with Crippen LogP contribution in [0.5, 0.6) is 0 Å². The van der Waals surface area contributed by atoms with Crippen LogP contribution in [0.1, 0.15) is 0 Å². The topological polar surface area (TPSA) is 37.8 Å². The van der Waals surface area contributed by atoms with E-state index in [0.29, 0.717) is 10.7 Å². The van der Waals surface area contributed by atoms with E-state index in [-0.39, 0.29) is 10.3 Å². The zero-order valence-corrected chi connectivity index (χ0v) is 12.1. The number of anilines is 2. The lowest BCUT2D eigenvalue weighted by Gasteiger charge is -2.10. The highest BCUT2D eigenvalue weighted by Crippen LogP contribution is 2.33. The Balaban J connectivity index is 2.38. The highest BCUT2D eigenvalue weighted by Gasteiger charge is 2.08. The minimum atomic E-state index is 0.237. The predicted octanol–water partition coefficient (Wildman–Crippen LogP) is 4.94. The minimum Gasteiger partial charge on any atom is -0.352 e. The molecule has 0 radical (unpaired) electrons. The van der Waals surface area contributed by atoms with Gasteiger partial charge in [-0.15, -0.1) is 10.2 Å². The van der Waals surface area contributed by atoms with Crippen LogP contribution in [0.2, 0.25) is 15.3 Å². The summed E-state index contributed by atoms with van der Waals surface area (Å²) in [5.74, 6) is 0. The van der Waals surface area contributed by atoms with E-state index in [2.05, 4.69) is 31.4 Å². The molecule has 0 atom stereocenters. The second-order valence-electron chi connectivity index (χ2n) is 3.10. The predicted molar refractivity (Wildman–Crippen MR) is 74.5 cm³/mol. The third kappa shape index (κ3) is 3.01. The Bertz CT molecular complexity index is 562. The molecule has 0 unspecified atom stereocenters.